The number of aliphatic imine (C=N–C) groups is 1. The van der Waals surface area contributed by atoms with Crippen LogP contribution in [0, 0.1) is 5.41 Å². The minimum Gasteiger partial charge on any atom is -0.404 e. The molecule has 0 aromatic carbocycles. The summed E-state index contributed by atoms with van der Waals surface area (Å²) in [5.41, 5.74) is 6.88. The van der Waals surface area contributed by atoms with Crippen molar-refractivity contribution in [3.63, 3.8) is 0 Å². The average molecular weight is 151 g/mol. The molecule has 3 nitrogen and oxygen atoms in total. The van der Waals surface area contributed by atoms with Crippen molar-refractivity contribution < 1.29 is 0 Å². The van der Waals surface area contributed by atoms with E-state index in [0.29, 0.717) is 0 Å². The molecule has 0 radical (unpaired) electrons. The van der Waals surface area contributed by atoms with Crippen LogP contribution < -0.4 is 5.73 Å². The molecule has 0 aromatic rings. The number of nitrogens with zero attached hydrogens (tertiary/aromatic N) is 1. The molecule has 0 fully saturated rings. The minimum absolute atomic E-state index is 0.727. The summed E-state index contributed by atoms with van der Waals surface area (Å²) in [5.74, 6) is 0. The van der Waals surface area contributed by atoms with Crippen molar-refractivity contribution in [2.45, 2.75) is 13.8 Å². The molecule has 0 saturated carbocycles. The topological polar surface area (TPSA) is 62.2 Å². The van der Waals surface area contributed by atoms with Crippen LogP contribution in [0.4, 0.5) is 0 Å². The molecule has 0 aromatic heterocycles. The maximum atomic E-state index is 6.77. The van der Waals surface area contributed by atoms with Crippen LogP contribution in [0.2, 0.25) is 0 Å². The van der Waals surface area contributed by atoms with Crippen LogP contribution in [-0.2, 0) is 0 Å². The van der Waals surface area contributed by atoms with Gasteiger partial charge in [0.25, 0.3) is 0 Å². The van der Waals surface area contributed by atoms with Crippen molar-refractivity contribution in [3.8, 4) is 0 Å². The van der Waals surface area contributed by atoms with E-state index in [1.54, 1.807) is 0 Å². The van der Waals surface area contributed by atoms with Gasteiger partial charge in [-0.15, -0.1) is 0 Å². The van der Waals surface area contributed by atoms with E-state index in [4.69, 9.17) is 11.1 Å². The average Bonchev–Trinajstić information content (AvgIpc) is 2.03. The molecule has 0 amide bonds. The van der Waals surface area contributed by atoms with Gasteiger partial charge in [-0.25, -0.2) is 4.99 Å². The van der Waals surface area contributed by atoms with Gasteiger partial charge in [0, 0.05) is 0 Å². The Kier molecular flexibility index (Phi) is 4.73. The fourth-order valence-corrected chi connectivity index (χ4v) is 0.589. The van der Waals surface area contributed by atoms with Crippen LogP contribution in [-0.4, -0.2) is 12.1 Å². The highest BCUT2D eigenvalue weighted by atomic mass is 14.8. The van der Waals surface area contributed by atoms with Gasteiger partial charge in [-0.1, -0.05) is 6.08 Å². The van der Waals surface area contributed by atoms with Gasteiger partial charge in [-0.05, 0) is 31.7 Å². The molecular formula is C8H13N3. The zero-order valence-corrected chi connectivity index (χ0v) is 6.83. The Morgan fingerprint density at radius 3 is 2.55 bits per heavy atom. The zero-order chi connectivity index (χ0) is 8.69. The Morgan fingerprint density at radius 2 is 2.18 bits per heavy atom. The zero-order valence-electron chi connectivity index (χ0n) is 6.83. The summed E-state index contributed by atoms with van der Waals surface area (Å²) in [6.07, 6.45) is 6.14. The molecule has 0 rings (SSSR count). The molecule has 0 bridgehead atoms. The third-order valence-electron chi connectivity index (χ3n) is 1.18. The van der Waals surface area contributed by atoms with Crippen LogP contribution in [0.1, 0.15) is 13.8 Å². The molecular weight excluding hydrogens is 138 g/mol. The Hall–Kier alpha value is -1.38. The smallest absolute Gasteiger partial charge is 0.107 e. The molecule has 0 saturated heterocycles. The SMILES string of the molecule is C\C=C/C(=N/C=N)C(/C)=C/N. The third-order valence-corrected chi connectivity index (χ3v) is 1.18. The summed E-state index contributed by atoms with van der Waals surface area (Å²) in [6.45, 7) is 3.74. The molecule has 0 aliphatic carbocycles. The van der Waals surface area contributed by atoms with Crippen molar-refractivity contribution >= 4 is 12.1 Å². The van der Waals surface area contributed by atoms with Crippen LogP contribution in [0.5, 0.6) is 0 Å². The predicted molar refractivity (Wildman–Crippen MR) is 49.0 cm³/mol. The molecule has 3 N–H and O–H groups in total. The molecule has 0 aliphatic rings. The molecule has 0 aliphatic heterocycles. The summed E-state index contributed by atoms with van der Waals surface area (Å²) < 4.78 is 0. The van der Waals surface area contributed by atoms with Crippen molar-refractivity contribution in [2.24, 2.45) is 10.7 Å². The van der Waals surface area contributed by atoms with Gasteiger partial charge >= 0.3 is 0 Å². The highest BCUT2D eigenvalue weighted by Crippen LogP contribution is 1.96. The fraction of sp³-hybridized carbons (Fsp3) is 0.250. The van der Waals surface area contributed by atoms with Crippen molar-refractivity contribution in [1.82, 2.24) is 0 Å². The lowest BCUT2D eigenvalue weighted by atomic mass is 10.2. The van der Waals surface area contributed by atoms with Gasteiger partial charge in [0.2, 0.25) is 0 Å². The standard InChI is InChI=1S/C8H13N3/c1-3-4-8(11-6-10)7(2)5-9/h3-6,10H,9H2,1-2H3/b4-3-,7-5+,10-6?,11-8-. The van der Waals surface area contributed by atoms with Crippen molar-refractivity contribution in [3.05, 3.63) is 23.9 Å². The van der Waals surface area contributed by atoms with Crippen LogP contribution >= 0.6 is 0 Å². The second-order valence-corrected chi connectivity index (χ2v) is 1.99. The molecule has 60 valence electrons. The van der Waals surface area contributed by atoms with E-state index in [1.165, 1.54) is 6.20 Å². The molecule has 11 heavy (non-hydrogen) atoms. The highest BCUT2D eigenvalue weighted by molar-refractivity contribution is 6.10. The minimum atomic E-state index is 0.727. The molecule has 0 atom stereocenters. The second kappa shape index (κ2) is 5.41. The van der Waals surface area contributed by atoms with Crippen molar-refractivity contribution in [2.75, 3.05) is 0 Å². The molecule has 0 spiro atoms. The van der Waals surface area contributed by atoms with E-state index in [9.17, 15) is 0 Å². The first-order valence-electron chi connectivity index (χ1n) is 3.34. The van der Waals surface area contributed by atoms with E-state index >= 15 is 0 Å². The molecule has 0 unspecified atom stereocenters. The van der Waals surface area contributed by atoms with Gasteiger partial charge < -0.3 is 5.73 Å². The third kappa shape index (κ3) is 3.35. The Bertz CT molecular complexity index is 211. The van der Waals surface area contributed by atoms with E-state index in [-0.39, 0.29) is 0 Å². The number of rotatable bonds is 3. The lowest BCUT2D eigenvalue weighted by Crippen LogP contribution is -1.98. The number of nitrogens with one attached hydrogen (secondary N) is 1. The van der Waals surface area contributed by atoms with E-state index < -0.39 is 0 Å². The van der Waals surface area contributed by atoms with Gasteiger partial charge in [0.1, 0.15) is 6.34 Å². The summed E-state index contributed by atoms with van der Waals surface area (Å²) >= 11 is 0. The summed E-state index contributed by atoms with van der Waals surface area (Å²) in [5, 5.41) is 6.77. The van der Waals surface area contributed by atoms with Crippen LogP contribution in [0.3, 0.4) is 0 Å². The maximum absolute atomic E-state index is 6.77. The number of nitrogens with two attached hydrogens (primary N) is 1. The normalized spacial score (nSPS) is 14.0. The van der Waals surface area contributed by atoms with E-state index in [0.717, 1.165) is 17.6 Å². The van der Waals surface area contributed by atoms with Gasteiger partial charge in [-0.3, -0.25) is 5.41 Å². The summed E-state index contributed by atoms with van der Waals surface area (Å²) in [6, 6.07) is 0. The summed E-state index contributed by atoms with van der Waals surface area (Å²) in [7, 11) is 0. The first-order chi connectivity index (χ1) is 5.26. The van der Waals surface area contributed by atoms with Gasteiger partial charge in [0.15, 0.2) is 0 Å². The first kappa shape index (κ1) is 9.62. The van der Waals surface area contributed by atoms with Crippen molar-refractivity contribution in [1.29, 1.82) is 5.41 Å². The number of hydrogen-bond donors (Lipinski definition) is 2. The van der Waals surface area contributed by atoms with Gasteiger partial charge in [-0.2, -0.15) is 0 Å². The number of hydrogen-bond acceptors (Lipinski definition) is 2. The fourth-order valence-electron chi connectivity index (χ4n) is 0.589. The van der Waals surface area contributed by atoms with Crippen LogP contribution in [0.25, 0.3) is 0 Å². The van der Waals surface area contributed by atoms with Crippen LogP contribution in [0.15, 0.2) is 28.9 Å². The Morgan fingerprint density at radius 1 is 1.55 bits per heavy atom. The Balaban J connectivity index is 4.61. The molecule has 3 heteroatoms. The predicted octanol–water partition coefficient (Wildman–Crippen LogP) is 1.47. The van der Waals surface area contributed by atoms with E-state index in [2.05, 4.69) is 4.99 Å². The van der Waals surface area contributed by atoms with Gasteiger partial charge in [0.05, 0.1) is 5.71 Å². The highest BCUT2D eigenvalue weighted by Gasteiger charge is 1.93. The first-order valence-corrected chi connectivity index (χ1v) is 3.34. The monoisotopic (exact) mass is 151 g/mol. The Labute approximate surface area is 66.8 Å². The van der Waals surface area contributed by atoms with E-state index in [1.807, 2.05) is 26.0 Å². The lowest BCUT2D eigenvalue weighted by Gasteiger charge is -1.96. The summed E-state index contributed by atoms with van der Waals surface area (Å²) in [4.78, 5) is 3.81. The second-order valence-electron chi connectivity index (χ2n) is 1.99. The largest absolute Gasteiger partial charge is 0.404 e. The quantitative estimate of drug-likeness (QED) is 0.465. The lowest BCUT2D eigenvalue weighted by molar-refractivity contribution is 1.45. The molecule has 0 heterocycles. The number of allylic oxidation sites excluding steroid dienone is 3. The maximum Gasteiger partial charge on any atom is 0.107 e.